The molecule has 5 heteroatoms. The molecule has 5 nitrogen and oxygen atoms in total. The molecule has 0 saturated carbocycles. The number of nitrogens with zero attached hydrogens (tertiary/aromatic N) is 3. The molecule has 0 bridgehead atoms. The van der Waals surface area contributed by atoms with Gasteiger partial charge in [-0.25, -0.2) is 4.98 Å². The van der Waals surface area contributed by atoms with Crippen LogP contribution in [0.5, 0.6) is 5.88 Å². The Labute approximate surface area is 109 Å². The number of nitrogens with two attached hydrogens (primary N) is 1. The molecule has 1 heterocycles. The Balaban J connectivity index is 2.48. The molecule has 0 atom stereocenters. The van der Waals surface area contributed by atoms with Crippen LogP contribution in [0.15, 0.2) is 12.3 Å². The summed E-state index contributed by atoms with van der Waals surface area (Å²) in [7, 11) is 2.00. The van der Waals surface area contributed by atoms with E-state index in [1.807, 2.05) is 25.8 Å². The highest BCUT2D eigenvalue weighted by Gasteiger charge is 2.06. The first-order chi connectivity index (χ1) is 8.63. The van der Waals surface area contributed by atoms with E-state index in [0.29, 0.717) is 11.8 Å². The Morgan fingerprint density at radius 1 is 1.33 bits per heavy atom. The second-order valence-corrected chi connectivity index (χ2v) is 4.63. The van der Waals surface area contributed by atoms with Crippen molar-refractivity contribution in [2.45, 2.75) is 39.2 Å². The Kier molecular flexibility index (Phi) is 6.43. The number of aromatic nitrogens is 2. The van der Waals surface area contributed by atoms with E-state index in [4.69, 9.17) is 10.5 Å². The van der Waals surface area contributed by atoms with E-state index in [1.54, 1.807) is 12.3 Å². The molecule has 0 amide bonds. The molecule has 0 aliphatic rings. The molecule has 0 aliphatic carbocycles. The Hall–Kier alpha value is -1.36. The van der Waals surface area contributed by atoms with Gasteiger partial charge >= 0.3 is 0 Å². The van der Waals surface area contributed by atoms with Gasteiger partial charge in [-0.05, 0) is 33.2 Å². The summed E-state index contributed by atoms with van der Waals surface area (Å²) in [5.74, 6) is 1.34. The summed E-state index contributed by atoms with van der Waals surface area (Å²) < 4.78 is 5.55. The zero-order chi connectivity index (χ0) is 13.4. The molecule has 18 heavy (non-hydrogen) atoms. The van der Waals surface area contributed by atoms with Crippen molar-refractivity contribution in [3.63, 3.8) is 0 Å². The third-order valence-electron chi connectivity index (χ3n) is 2.51. The molecule has 0 spiro atoms. The Morgan fingerprint density at radius 3 is 2.78 bits per heavy atom. The number of ether oxygens (including phenoxy) is 1. The highest BCUT2D eigenvalue weighted by Crippen LogP contribution is 2.13. The maximum Gasteiger partial charge on any atom is 0.228 e. The van der Waals surface area contributed by atoms with E-state index in [1.165, 1.54) is 0 Å². The van der Waals surface area contributed by atoms with Crippen molar-refractivity contribution in [3.05, 3.63) is 12.3 Å². The van der Waals surface area contributed by atoms with Gasteiger partial charge in [-0.2, -0.15) is 4.98 Å². The van der Waals surface area contributed by atoms with Gasteiger partial charge in [-0.15, -0.1) is 0 Å². The summed E-state index contributed by atoms with van der Waals surface area (Å²) in [4.78, 5) is 10.7. The van der Waals surface area contributed by atoms with Gasteiger partial charge in [0.1, 0.15) is 0 Å². The zero-order valence-electron chi connectivity index (χ0n) is 11.6. The van der Waals surface area contributed by atoms with Crippen LogP contribution >= 0.6 is 0 Å². The molecule has 2 N–H and O–H groups in total. The van der Waals surface area contributed by atoms with Crippen LogP contribution < -0.4 is 15.4 Å². The first kappa shape index (κ1) is 14.7. The second kappa shape index (κ2) is 7.87. The van der Waals surface area contributed by atoms with Gasteiger partial charge < -0.3 is 15.4 Å². The van der Waals surface area contributed by atoms with Crippen LogP contribution in [0.2, 0.25) is 0 Å². The average molecular weight is 252 g/mol. The van der Waals surface area contributed by atoms with E-state index in [-0.39, 0.29) is 6.10 Å². The minimum absolute atomic E-state index is 0.127. The molecule has 0 unspecified atom stereocenters. The molecule has 1 aromatic rings. The zero-order valence-corrected chi connectivity index (χ0v) is 11.6. The Bertz CT molecular complexity index is 344. The lowest BCUT2D eigenvalue weighted by Gasteiger charge is -2.17. The summed E-state index contributed by atoms with van der Waals surface area (Å²) >= 11 is 0. The number of unbranched alkanes of at least 4 members (excludes halogenated alkanes) is 2. The first-order valence-corrected chi connectivity index (χ1v) is 6.54. The van der Waals surface area contributed by atoms with Crippen LogP contribution in [0, 0.1) is 0 Å². The van der Waals surface area contributed by atoms with Crippen molar-refractivity contribution in [1.29, 1.82) is 0 Å². The summed E-state index contributed by atoms with van der Waals surface area (Å²) in [5.41, 5.74) is 5.47. The third-order valence-corrected chi connectivity index (χ3v) is 2.51. The lowest BCUT2D eigenvalue weighted by atomic mass is 10.2. The molecule has 1 aromatic heterocycles. The van der Waals surface area contributed by atoms with Crippen LogP contribution in [-0.2, 0) is 0 Å². The lowest BCUT2D eigenvalue weighted by molar-refractivity contribution is 0.232. The fourth-order valence-corrected chi connectivity index (χ4v) is 1.59. The summed E-state index contributed by atoms with van der Waals surface area (Å²) in [6, 6.07) is 1.78. The third kappa shape index (κ3) is 5.31. The predicted molar refractivity (Wildman–Crippen MR) is 74.0 cm³/mol. The van der Waals surface area contributed by atoms with Crippen molar-refractivity contribution in [2.75, 3.05) is 25.0 Å². The second-order valence-electron chi connectivity index (χ2n) is 4.63. The lowest BCUT2D eigenvalue weighted by Crippen LogP contribution is -2.21. The largest absolute Gasteiger partial charge is 0.475 e. The number of hydrogen-bond acceptors (Lipinski definition) is 5. The molecule has 0 aromatic carbocycles. The minimum atomic E-state index is 0.127. The van der Waals surface area contributed by atoms with E-state index in [2.05, 4.69) is 9.97 Å². The van der Waals surface area contributed by atoms with Crippen LogP contribution in [0.25, 0.3) is 0 Å². The van der Waals surface area contributed by atoms with Crippen molar-refractivity contribution >= 4 is 5.95 Å². The fourth-order valence-electron chi connectivity index (χ4n) is 1.59. The van der Waals surface area contributed by atoms with Gasteiger partial charge in [0.2, 0.25) is 11.8 Å². The van der Waals surface area contributed by atoms with Crippen molar-refractivity contribution < 1.29 is 4.74 Å². The van der Waals surface area contributed by atoms with Gasteiger partial charge in [0.15, 0.2) is 0 Å². The van der Waals surface area contributed by atoms with Gasteiger partial charge in [0, 0.05) is 25.9 Å². The van der Waals surface area contributed by atoms with Crippen LogP contribution in [0.3, 0.4) is 0 Å². The summed E-state index contributed by atoms with van der Waals surface area (Å²) in [5, 5.41) is 0. The topological polar surface area (TPSA) is 64.3 Å². The highest BCUT2D eigenvalue weighted by atomic mass is 16.5. The van der Waals surface area contributed by atoms with E-state index < -0.39 is 0 Å². The molecule has 102 valence electrons. The minimum Gasteiger partial charge on any atom is -0.475 e. The summed E-state index contributed by atoms with van der Waals surface area (Å²) in [6.07, 6.45) is 5.18. The standard InChI is InChI=1S/C13H24N4O/c1-11(2)18-12-7-9-15-13(16-12)17(3)10-6-4-5-8-14/h7,9,11H,4-6,8,10,14H2,1-3H3. The molecule has 0 saturated heterocycles. The maximum atomic E-state index is 5.55. The van der Waals surface area contributed by atoms with Gasteiger partial charge in [-0.3, -0.25) is 0 Å². The molecular weight excluding hydrogens is 228 g/mol. The SMILES string of the molecule is CC(C)Oc1ccnc(N(C)CCCCCN)n1. The molecule has 0 radical (unpaired) electrons. The molecule has 0 aliphatic heterocycles. The van der Waals surface area contributed by atoms with Crippen LogP contribution in [-0.4, -0.2) is 36.2 Å². The summed E-state index contributed by atoms with van der Waals surface area (Å²) in [6.45, 7) is 5.67. The number of rotatable bonds is 8. The van der Waals surface area contributed by atoms with E-state index in [0.717, 1.165) is 32.4 Å². The van der Waals surface area contributed by atoms with Crippen LogP contribution in [0.4, 0.5) is 5.95 Å². The van der Waals surface area contributed by atoms with Gasteiger partial charge in [-0.1, -0.05) is 6.42 Å². The normalized spacial score (nSPS) is 10.7. The first-order valence-electron chi connectivity index (χ1n) is 6.54. The van der Waals surface area contributed by atoms with Gasteiger partial charge in [0.05, 0.1) is 6.10 Å². The predicted octanol–water partition coefficient (Wildman–Crippen LogP) is 1.83. The van der Waals surface area contributed by atoms with Crippen molar-refractivity contribution in [1.82, 2.24) is 9.97 Å². The Morgan fingerprint density at radius 2 is 2.11 bits per heavy atom. The quantitative estimate of drug-likeness (QED) is 0.715. The molecule has 1 rings (SSSR count). The van der Waals surface area contributed by atoms with Crippen molar-refractivity contribution in [2.24, 2.45) is 5.73 Å². The van der Waals surface area contributed by atoms with Crippen LogP contribution in [0.1, 0.15) is 33.1 Å². The van der Waals surface area contributed by atoms with Crippen molar-refractivity contribution in [3.8, 4) is 5.88 Å². The number of hydrogen-bond donors (Lipinski definition) is 1. The van der Waals surface area contributed by atoms with E-state index >= 15 is 0 Å². The number of anilines is 1. The highest BCUT2D eigenvalue weighted by molar-refractivity contribution is 5.30. The monoisotopic (exact) mass is 252 g/mol. The van der Waals surface area contributed by atoms with E-state index in [9.17, 15) is 0 Å². The maximum absolute atomic E-state index is 5.55. The molecule has 0 fully saturated rings. The van der Waals surface area contributed by atoms with Gasteiger partial charge in [0.25, 0.3) is 0 Å². The smallest absolute Gasteiger partial charge is 0.228 e. The fraction of sp³-hybridized carbons (Fsp3) is 0.692. The molecular formula is C13H24N4O. The average Bonchev–Trinajstić information content (AvgIpc) is 2.34.